The molecule has 4 heterocycles. The summed E-state index contributed by atoms with van der Waals surface area (Å²) >= 11 is 6.63. The first-order valence-electron chi connectivity index (χ1n) is 21.5. The van der Waals surface area contributed by atoms with Crippen molar-refractivity contribution < 1.29 is 14.0 Å². The first-order chi connectivity index (χ1) is 28.1. The molecular formula is C47H67ClN8O3Si. The fraction of sp³-hybridized carbons (Fsp3) is 0.532. The van der Waals surface area contributed by atoms with E-state index in [1.807, 2.05) is 59.1 Å². The number of hydrogen-bond acceptors (Lipinski definition) is 7. The molecule has 1 aliphatic carbocycles. The van der Waals surface area contributed by atoms with Gasteiger partial charge in [-0.1, -0.05) is 94.0 Å². The summed E-state index contributed by atoms with van der Waals surface area (Å²) in [7, 11) is -2.22. The molecule has 0 spiro atoms. The fourth-order valence-corrected chi connectivity index (χ4v) is 15.0. The van der Waals surface area contributed by atoms with E-state index < -0.39 is 8.32 Å². The molecule has 0 bridgehead atoms. The van der Waals surface area contributed by atoms with Gasteiger partial charge in [-0.2, -0.15) is 5.10 Å². The van der Waals surface area contributed by atoms with Crippen molar-refractivity contribution in [3.05, 3.63) is 89.2 Å². The number of rotatable bonds is 12. The predicted octanol–water partition coefficient (Wildman–Crippen LogP) is 12.3. The second-order valence-corrected chi connectivity index (χ2v) is 24.2. The Morgan fingerprint density at radius 2 is 1.63 bits per heavy atom. The zero-order valence-electron chi connectivity index (χ0n) is 36.6. The molecule has 2 amide bonds. The number of aromatic nitrogens is 5. The van der Waals surface area contributed by atoms with Crippen molar-refractivity contribution in [2.45, 2.75) is 155 Å². The van der Waals surface area contributed by atoms with E-state index in [9.17, 15) is 4.79 Å². The van der Waals surface area contributed by atoms with Gasteiger partial charge in [-0.15, -0.1) is 21.8 Å². The molecule has 60 heavy (non-hydrogen) atoms. The van der Waals surface area contributed by atoms with Gasteiger partial charge in [0.25, 0.3) is 8.32 Å². The van der Waals surface area contributed by atoms with Gasteiger partial charge >= 0.3 is 6.03 Å². The first kappa shape index (κ1) is 45.0. The van der Waals surface area contributed by atoms with Crippen molar-refractivity contribution in [2.24, 2.45) is 0 Å². The quantitative estimate of drug-likeness (QED) is 0.0949. The number of ether oxygens (including phenoxy) is 1. The lowest BCUT2D eigenvalue weighted by molar-refractivity contribution is 0.171. The first-order valence-corrected chi connectivity index (χ1v) is 24.2. The SMILES string of the molecule is C.CC(C)[Si](Oc1ccc(-n2nc(C(C)(C)C)cc2NC(=O)N[C@H]2CC[C@@H](Oc3ccc4nnc(N5CCCC[C@@H]5C)n4c3)c3ccccc32)cc1CCl)(C(C)C)C(C)C. The number of hydrogen-bond donors (Lipinski definition) is 2. The highest BCUT2D eigenvalue weighted by atomic mass is 35.5. The van der Waals surface area contributed by atoms with Crippen molar-refractivity contribution in [2.75, 3.05) is 16.8 Å². The average molecular weight is 856 g/mol. The van der Waals surface area contributed by atoms with Crippen LogP contribution in [0, 0.1) is 0 Å². The van der Waals surface area contributed by atoms with Crippen molar-refractivity contribution in [3.8, 4) is 17.2 Å². The van der Waals surface area contributed by atoms with Crippen LogP contribution in [0.25, 0.3) is 11.3 Å². The molecular weight excluding hydrogens is 788 g/mol. The van der Waals surface area contributed by atoms with Crippen molar-refractivity contribution in [3.63, 3.8) is 0 Å². The number of pyridine rings is 1. The molecule has 7 rings (SSSR count). The van der Waals surface area contributed by atoms with Gasteiger partial charge in [0.05, 0.1) is 29.5 Å². The second kappa shape index (κ2) is 18.2. The maximum absolute atomic E-state index is 14.0. The highest BCUT2D eigenvalue weighted by Gasteiger charge is 2.47. The lowest BCUT2D eigenvalue weighted by Gasteiger charge is -2.42. The van der Waals surface area contributed by atoms with Gasteiger partial charge in [-0.05, 0) is 97.1 Å². The number of halogens is 1. The molecule has 3 atom stereocenters. The van der Waals surface area contributed by atoms with Gasteiger partial charge in [0.15, 0.2) is 5.65 Å². The number of anilines is 2. The number of benzene rings is 2. The summed E-state index contributed by atoms with van der Waals surface area (Å²) in [6, 6.07) is 20.1. The summed E-state index contributed by atoms with van der Waals surface area (Å²) in [5, 5.41) is 20.5. The van der Waals surface area contributed by atoms with Crippen LogP contribution in [0.1, 0.15) is 143 Å². The average Bonchev–Trinajstić information content (AvgIpc) is 3.82. The van der Waals surface area contributed by atoms with Gasteiger partial charge < -0.3 is 19.4 Å². The molecule has 2 N–H and O–H groups in total. The van der Waals surface area contributed by atoms with Crippen LogP contribution in [0.15, 0.2) is 66.9 Å². The van der Waals surface area contributed by atoms with E-state index in [0.717, 1.165) is 77.0 Å². The minimum absolute atomic E-state index is 0. The lowest BCUT2D eigenvalue weighted by atomic mass is 9.85. The number of alkyl halides is 1. The van der Waals surface area contributed by atoms with Crippen LogP contribution in [0.4, 0.5) is 16.6 Å². The smallest absolute Gasteiger partial charge is 0.320 e. The highest BCUT2D eigenvalue weighted by Crippen LogP contribution is 2.44. The largest absolute Gasteiger partial charge is 0.542 e. The maximum Gasteiger partial charge on any atom is 0.320 e. The van der Waals surface area contributed by atoms with E-state index in [1.165, 1.54) is 6.42 Å². The van der Waals surface area contributed by atoms with E-state index in [0.29, 0.717) is 40.8 Å². The zero-order chi connectivity index (χ0) is 42.2. The third-order valence-electron chi connectivity index (χ3n) is 12.6. The molecule has 1 fully saturated rings. The molecule has 324 valence electrons. The Morgan fingerprint density at radius 3 is 2.30 bits per heavy atom. The van der Waals surface area contributed by atoms with Gasteiger partial charge in [0, 0.05) is 29.6 Å². The van der Waals surface area contributed by atoms with Crippen LogP contribution in [-0.4, -0.2) is 51.3 Å². The molecule has 0 radical (unpaired) electrons. The Hall–Kier alpha value is -4.55. The molecule has 13 heteroatoms. The Labute approximate surface area is 363 Å². The number of piperidine rings is 1. The summed E-state index contributed by atoms with van der Waals surface area (Å²) < 4.78 is 17.7. The zero-order valence-corrected chi connectivity index (χ0v) is 38.3. The summed E-state index contributed by atoms with van der Waals surface area (Å²) in [4.78, 5) is 16.3. The van der Waals surface area contributed by atoms with Gasteiger partial charge in [0.1, 0.15) is 23.4 Å². The minimum atomic E-state index is -2.22. The van der Waals surface area contributed by atoms with Crippen LogP contribution in [0.5, 0.6) is 11.5 Å². The van der Waals surface area contributed by atoms with Gasteiger partial charge in [-0.25, -0.2) is 9.48 Å². The number of carbonyl (C=O) groups excluding carboxylic acids is 1. The van der Waals surface area contributed by atoms with E-state index in [4.69, 9.17) is 25.9 Å². The van der Waals surface area contributed by atoms with E-state index in [1.54, 1.807) is 4.68 Å². The number of amides is 2. The fourth-order valence-electron chi connectivity index (χ4n) is 9.50. The number of nitrogens with one attached hydrogen (secondary N) is 2. The molecule has 3 aromatic heterocycles. The van der Waals surface area contributed by atoms with Crippen LogP contribution in [-0.2, 0) is 11.3 Å². The third-order valence-corrected chi connectivity index (χ3v) is 18.9. The Kier molecular flexibility index (Phi) is 13.6. The Balaban J connectivity index is 0.00000604. The lowest BCUT2D eigenvalue weighted by Crippen LogP contribution is -2.50. The Morgan fingerprint density at radius 1 is 0.917 bits per heavy atom. The molecule has 11 nitrogen and oxygen atoms in total. The van der Waals surface area contributed by atoms with E-state index in [-0.39, 0.29) is 31.0 Å². The highest BCUT2D eigenvalue weighted by molar-refractivity contribution is 6.78. The molecule has 2 aromatic carbocycles. The monoisotopic (exact) mass is 854 g/mol. The maximum atomic E-state index is 14.0. The Bertz CT molecular complexity index is 2240. The molecule has 0 saturated carbocycles. The topological polar surface area (TPSA) is 111 Å². The second-order valence-electron chi connectivity index (χ2n) is 18.5. The van der Waals surface area contributed by atoms with Crippen LogP contribution < -0.4 is 24.7 Å². The summed E-state index contributed by atoms with van der Waals surface area (Å²) in [5.74, 6) is 3.31. The molecule has 2 aliphatic rings. The van der Waals surface area contributed by atoms with Crippen LogP contribution in [0.3, 0.4) is 0 Å². The van der Waals surface area contributed by atoms with E-state index in [2.05, 4.69) is 107 Å². The number of urea groups is 1. The summed E-state index contributed by atoms with van der Waals surface area (Å²) in [6.07, 6.45) is 6.82. The third kappa shape index (κ3) is 8.91. The van der Waals surface area contributed by atoms with Crippen molar-refractivity contribution >= 4 is 43.4 Å². The number of carbonyl (C=O) groups is 1. The van der Waals surface area contributed by atoms with E-state index >= 15 is 0 Å². The van der Waals surface area contributed by atoms with Crippen LogP contribution >= 0.6 is 11.6 Å². The summed E-state index contributed by atoms with van der Waals surface area (Å²) in [5.41, 5.74) is 6.49. The number of fused-ring (bicyclic) bond motifs is 2. The molecule has 5 aromatic rings. The van der Waals surface area contributed by atoms with Crippen molar-refractivity contribution in [1.29, 1.82) is 0 Å². The molecule has 0 unspecified atom stereocenters. The summed E-state index contributed by atoms with van der Waals surface area (Å²) in [6.45, 7) is 23.3. The van der Waals surface area contributed by atoms with Gasteiger partial charge in [-0.3, -0.25) is 9.72 Å². The number of nitrogens with zero attached hydrogens (tertiary/aromatic N) is 6. The minimum Gasteiger partial charge on any atom is -0.542 e. The molecule has 1 aliphatic heterocycles. The predicted molar refractivity (Wildman–Crippen MR) is 248 cm³/mol. The van der Waals surface area contributed by atoms with Crippen LogP contribution in [0.2, 0.25) is 16.6 Å². The molecule has 1 saturated heterocycles. The van der Waals surface area contributed by atoms with Gasteiger partial charge in [0.2, 0.25) is 5.95 Å². The normalized spacial score (nSPS) is 18.4. The van der Waals surface area contributed by atoms with Crippen molar-refractivity contribution in [1.82, 2.24) is 29.7 Å². The standard InChI is InChI=1S/C46H63ClN8O3Si.CH4/c1-29(2)59(30(3)4,31(5)6)58-39-21-18-34(25-33(39)27-47)55-43(26-41(52-55)46(8,9)10)49-44(56)48-38-20-22-40(37-17-12-11-16-36(37)38)57-35-19-23-42-50-51-45(54(42)28-35)53-24-14-13-15-32(53)7;/h11-12,16-19,21,23,25-26,28-32,38,40H,13-15,20,22,24,27H2,1-10H3,(H2,48,49,56);1H4/t32-,38-,40+;/m0./s1.